The van der Waals surface area contributed by atoms with Gasteiger partial charge in [-0.25, -0.2) is 0 Å². The molecular weight excluding hydrogens is 206 g/mol. The highest BCUT2D eigenvalue weighted by Gasteiger charge is 2.06. The van der Waals surface area contributed by atoms with E-state index in [9.17, 15) is 0 Å². The normalized spacial score (nSPS) is 11.7. The van der Waals surface area contributed by atoms with Crippen LogP contribution in [-0.4, -0.2) is 0 Å². The lowest BCUT2D eigenvalue weighted by Gasteiger charge is -2.11. The molecule has 0 aliphatic heterocycles. The third-order valence-corrected chi connectivity index (χ3v) is 2.79. The predicted molar refractivity (Wildman–Crippen MR) is 65.8 cm³/mol. The molecular formula is C13H16ClN. The van der Waals surface area contributed by atoms with E-state index in [1.165, 1.54) is 0 Å². The minimum atomic E-state index is 0.0314. The van der Waals surface area contributed by atoms with Crippen LogP contribution in [0.15, 0.2) is 18.2 Å². The molecule has 1 aromatic carbocycles. The molecule has 1 atom stereocenters. The molecule has 0 heterocycles. The minimum Gasteiger partial charge on any atom is -0.324 e. The van der Waals surface area contributed by atoms with Crippen LogP contribution < -0.4 is 5.73 Å². The first-order valence-electron chi connectivity index (χ1n) is 5.06. The maximum Gasteiger partial charge on any atom is 0.0438 e. The Bertz CT molecular complexity index is 387. The Morgan fingerprint density at radius 2 is 2.20 bits per heavy atom. The van der Waals surface area contributed by atoms with Crippen LogP contribution in [-0.2, 0) is 0 Å². The monoisotopic (exact) mass is 221 g/mol. The molecule has 1 rings (SSSR count). The summed E-state index contributed by atoms with van der Waals surface area (Å²) in [5, 5.41) is 0.782. The lowest BCUT2D eigenvalue weighted by atomic mass is 10.0. The Kier molecular flexibility index (Phi) is 4.68. The van der Waals surface area contributed by atoms with Gasteiger partial charge in [0, 0.05) is 17.5 Å². The number of nitrogens with two attached hydrogens (primary N) is 1. The summed E-state index contributed by atoms with van der Waals surface area (Å²) in [6, 6.07) is 6.01. The zero-order chi connectivity index (χ0) is 11.3. The van der Waals surface area contributed by atoms with Crippen molar-refractivity contribution in [2.75, 3.05) is 0 Å². The van der Waals surface area contributed by atoms with E-state index in [2.05, 4.69) is 11.8 Å². The largest absolute Gasteiger partial charge is 0.324 e. The molecule has 2 heteroatoms. The molecule has 80 valence electrons. The molecule has 0 fully saturated rings. The van der Waals surface area contributed by atoms with Gasteiger partial charge in [-0.1, -0.05) is 23.7 Å². The van der Waals surface area contributed by atoms with Crippen molar-refractivity contribution in [2.24, 2.45) is 5.73 Å². The van der Waals surface area contributed by atoms with Crippen molar-refractivity contribution in [1.29, 1.82) is 0 Å². The Morgan fingerprint density at radius 1 is 1.47 bits per heavy atom. The van der Waals surface area contributed by atoms with Crippen molar-refractivity contribution in [2.45, 2.75) is 32.7 Å². The highest BCUT2D eigenvalue weighted by Crippen LogP contribution is 2.22. The highest BCUT2D eigenvalue weighted by molar-refractivity contribution is 6.31. The van der Waals surface area contributed by atoms with E-state index in [1.54, 1.807) is 0 Å². The van der Waals surface area contributed by atoms with Gasteiger partial charge in [-0.3, -0.25) is 0 Å². The fourth-order valence-electron chi connectivity index (χ4n) is 1.36. The lowest BCUT2D eigenvalue weighted by Crippen LogP contribution is -2.09. The van der Waals surface area contributed by atoms with Crippen molar-refractivity contribution in [3.63, 3.8) is 0 Å². The number of halogens is 1. The van der Waals surface area contributed by atoms with Gasteiger partial charge in [0.2, 0.25) is 0 Å². The molecule has 0 aliphatic carbocycles. The van der Waals surface area contributed by atoms with Gasteiger partial charge in [0.15, 0.2) is 0 Å². The van der Waals surface area contributed by atoms with Crippen LogP contribution in [0.5, 0.6) is 0 Å². The molecule has 15 heavy (non-hydrogen) atoms. The molecule has 1 aromatic rings. The van der Waals surface area contributed by atoms with Crippen LogP contribution in [0, 0.1) is 18.8 Å². The van der Waals surface area contributed by atoms with Gasteiger partial charge in [-0.05, 0) is 37.5 Å². The molecule has 1 unspecified atom stereocenters. The van der Waals surface area contributed by atoms with Crippen LogP contribution in [0.25, 0.3) is 0 Å². The van der Waals surface area contributed by atoms with E-state index in [4.69, 9.17) is 17.3 Å². The first-order valence-corrected chi connectivity index (χ1v) is 5.44. The standard InChI is InChI=1S/C13H16ClN/c1-3-4-5-6-13(15)11-8-7-10(2)12(14)9-11/h7-9,13H,5-6,15H2,1-2H3. The topological polar surface area (TPSA) is 26.0 Å². The van der Waals surface area contributed by atoms with E-state index >= 15 is 0 Å². The van der Waals surface area contributed by atoms with E-state index in [0.717, 1.165) is 29.0 Å². The molecule has 0 spiro atoms. The zero-order valence-corrected chi connectivity index (χ0v) is 9.93. The third-order valence-electron chi connectivity index (χ3n) is 2.38. The van der Waals surface area contributed by atoms with Crippen molar-refractivity contribution >= 4 is 11.6 Å². The van der Waals surface area contributed by atoms with E-state index in [1.807, 2.05) is 32.0 Å². The van der Waals surface area contributed by atoms with Gasteiger partial charge in [-0.2, -0.15) is 0 Å². The van der Waals surface area contributed by atoms with Gasteiger partial charge in [-0.15, -0.1) is 11.8 Å². The SMILES string of the molecule is CC#CCCC(N)c1ccc(C)c(Cl)c1. The van der Waals surface area contributed by atoms with Crippen molar-refractivity contribution in [3.05, 3.63) is 34.3 Å². The fraction of sp³-hybridized carbons (Fsp3) is 0.385. The van der Waals surface area contributed by atoms with Crippen LogP contribution in [0.1, 0.15) is 36.9 Å². The summed E-state index contributed by atoms with van der Waals surface area (Å²) < 4.78 is 0. The van der Waals surface area contributed by atoms with Crippen molar-refractivity contribution in [3.8, 4) is 11.8 Å². The van der Waals surface area contributed by atoms with E-state index in [0.29, 0.717) is 0 Å². The summed E-state index contributed by atoms with van der Waals surface area (Å²) in [4.78, 5) is 0. The van der Waals surface area contributed by atoms with Crippen LogP contribution in [0.3, 0.4) is 0 Å². The molecule has 0 saturated heterocycles. The average Bonchev–Trinajstić information content (AvgIpc) is 2.22. The lowest BCUT2D eigenvalue weighted by molar-refractivity contribution is 0.667. The second-order valence-corrected chi connectivity index (χ2v) is 3.99. The van der Waals surface area contributed by atoms with Gasteiger partial charge >= 0.3 is 0 Å². The average molecular weight is 222 g/mol. The molecule has 0 amide bonds. The maximum absolute atomic E-state index is 6.04. The number of benzene rings is 1. The highest BCUT2D eigenvalue weighted by atomic mass is 35.5. The summed E-state index contributed by atoms with van der Waals surface area (Å²) >= 11 is 6.04. The quantitative estimate of drug-likeness (QED) is 0.778. The summed E-state index contributed by atoms with van der Waals surface area (Å²) in [6.45, 7) is 3.83. The maximum atomic E-state index is 6.04. The van der Waals surface area contributed by atoms with Crippen molar-refractivity contribution < 1.29 is 0 Å². The fourth-order valence-corrected chi connectivity index (χ4v) is 1.55. The van der Waals surface area contributed by atoms with E-state index in [-0.39, 0.29) is 6.04 Å². The van der Waals surface area contributed by atoms with Crippen LogP contribution in [0.4, 0.5) is 0 Å². The molecule has 1 nitrogen and oxygen atoms in total. The first-order chi connectivity index (χ1) is 7.15. The second-order valence-electron chi connectivity index (χ2n) is 3.58. The van der Waals surface area contributed by atoms with Gasteiger partial charge in [0.1, 0.15) is 0 Å². The number of aryl methyl sites for hydroxylation is 1. The van der Waals surface area contributed by atoms with Crippen molar-refractivity contribution in [1.82, 2.24) is 0 Å². The Hall–Kier alpha value is -0.970. The Morgan fingerprint density at radius 3 is 2.80 bits per heavy atom. The summed E-state index contributed by atoms with van der Waals surface area (Å²) in [6.07, 6.45) is 1.71. The van der Waals surface area contributed by atoms with Gasteiger partial charge in [0.25, 0.3) is 0 Å². The summed E-state index contributed by atoms with van der Waals surface area (Å²) in [5.41, 5.74) is 8.20. The molecule has 0 aromatic heterocycles. The Balaban J connectivity index is 2.68. The third kappa shape index (κ3) is 3.58. The summed E-state index contributed by atoms with van der Waals surface area (Å²) in [7, 11) is 0. The van der Waals surface area contributed by atoms with Gasteiger partial charge in [0.05, 0.1) is 0 Å². The molecule has 0 saturated carbocycles. The smallest absolute Gasteiger partial charge is 0.0438 e. The minimum absolute atomic E-state index is 0.0314. The molecule has 0 bridgehead atoms. The molecule has 0 aliphatic rings. The molecule has 0 radical (unpaired) electrons. The van der Waals surface area contributed by atoms with Gasteiger partial charge < -0.3 is 5.73 Å². The first kappa shape index (κ1) is 12.1. The zero-order valence-electron chi connectivity index (χ0n) is 9.18. The van der Waals surface area contributed by atoms with Crippen LogP contribution >= 0.6 is 11.6 Å². The number of hydrogen-bond donors (Lipinski definition) is 1. The number of rotatable bonds is 3. The second kappa shape index (κ2) is 5.80. The van der Waals surface area contributed by atoms with E-state index < -0.39 is 0 Å². The Labute approximate surface area is 96.6 Å². The van der Waals surface area contributed by atoms with Crippen LogP contribution in [0.2, 0.25) is 5.02 Å². The predicted octanol–water partition coefficient (Wildman–Crippen LogP) is 3.45. The number of hydrogen-bond acceptors (Lipinski definition) is 1. The molecule has 2 N–H and O–H groups in total. The summed E-state index contributed by atoms with van der Waals surface area (Å²) in [5.74, 6) is 5.88.